The fraction of sp³-hybridized carbons (Fsp3) is 0. The number of benzene rings is 1. The Bertz CT molecular complexity index is 479. The van der Waals surface area contributed by atoms with Crippen LogP contribution in [0.4, 0.5) is 0 Å². The summed E-state index contributed by atoms with van der Waals surface area (Å²) in [7, 11) is 0. The van der Waals surface area contributed by atoms with E-state index in [0.29, 0.717) is 9.90 Å². The number of aromatic carboxylic acids is 1. The molecule has 1 N–H and O–H groups in total. The van der Waals surface area contributed by atoms with Crippen LogP contribution in [0.1, 0.15) is 9.67 Å². The molecule has 0 saturated carbocycles. The molecule has 0 aliphatic heterocycles. The Morgan fingerprint density at radius 1 is 1.43 bits per heavy atom. The van der Waals surface area contributed by atoms with Crippen LogP contribution in [0, 0.1) is 0 Å². The van der Waals surface area contributed by atoms with E-state index >= 15 is 0 Å². The molecule has 0 aliphatic carbocycles. The Morgan fingerprint density at radius 2 is 2.14 bits per heavy atom. The molecule has 0 aliphatic rings. The summed E-state index contributed by atoms with van der Waals surface area (Å²) in [6, 6.07) is 7.05. The van der Waals surface area contributed by atoms with Crippen LogP contribution in [-0.4, -0.2) is 11.1 Å². The highest BCUT2D eigenvalue weighted by Gasteiger charge is 2.09. The lowest BCUT2D eigenvalue weighted by atomic mass is 10.2. The number of carboxylic acid groups (broad SMARTS) is 1. The van der Waals surface area contributed by atoms with Gasteiger partial charge in [-0.3, -0.25) is 0 Å². The van der Waals surface area contributed by atoms with E-state index in [-0.39, 0.29) is 12.4 Å². The van der Waals surface area contributed by atoms with Gasteiger partial charge in [-0.25, -0.2) is 4.79 Å². The quantitative estimate of drug-likeness (QED) is 0.837. The van der Waals surface area contributed by atoms with Crippen molar-refractivity contribution in [3.05, 3.63) is 34.2 Å². The van der Waals surface area contributed by atoms with Crippen LogP contribution in [0.25, 0.3) is 10.1 Å². The lowest BCUT2D eigenvalue weighted by Crippen LogP contribution is -1.89. The van der Waals surface area contributed by atoms with E-state index in [9.17, 15) is 4.79 Å². The molecular formula is C9H6Cl2O2S. The van der Waals surface area contributed by atoms with Crippen molar-refractivity contribution in [3.8, 4) is 0 Å². The molecule has 1 aromatic carbocycles. The molecular weight excluding hydrogens is 243 g/mol. The molecule has 0 amide bonds. The van der Waals surface area contributed by atoms with Crippen molar-refractivity contribution >= 4 is 51.4 Å². The third kappa shape index (κ3) is 1.85. The maximum absolute atomic E-state index is 10.6. The topological polar surface area (TPSA) is 37.3 Å². The van der Waals surface area contributed by atoms with Gasteiger partial charge in [0.2, 0.25) is 0 Å². The second kappa shape index (κ2) is 4.17. The lowest BCUT2D eigenvalue weighted by molar-refractivity contribution is 0.0702. The summed E-state index contributed by atoms with van der Waals surface area (Å²) in [6.07, 6.45) is 0. The van der Waals surface area contributed by atoms with Crippen LogP contribution in [-0.2, 0) is 0 Å². The van der Waals surface area contributed by atoms with Crippen molar-refractivity contribution < 1.29 is 9.90 Å². The van der Waals surface area contributed by atoms with E-state index in [1.165, 1.54) is 11.3 Å². The number of thiophene rings is 1. The van der Waals surface area contributed by atoms with E-state index in [2.05, 4.69) is 0 Å². The zero-order chi connectivity index (χ0) is 9.42. The number of hydrogen-bond donors (Lipinski definition) is 1. The number of carboxylic acids is 1. The van der Waals surface area contributed by atoms with E-state index in [1.807, 2.05) is 12.1 Å². The highest BCUT2D eigenvalue weighted by atomic mass is 35.5. The van der Waals surface area contributed by atoms with E-state index in [1.54, 1.807) is 12.1 Å². The first-order valence-corrected chi connectivity index (χ1v) is 4.79. The molecule has 2 rings (SSSR count). The van der Waals surface area contributed by atoms with Crippen LogP contribution in [0.15, 0.2) is 24.3 Å². The fourth-order valence-electron chi connectivity index (χ4n) is 1.13. The average Bonchev–Trinajstić information content (AvgIpc) is 2.49. The predicted molar refractivity (Wildman–Crippen MR) is 61.0 cm³/mol. The Balaban J connectivity index is 0.000000980. The smallest absolute Gasteiger partial charge is 0.345 e. The van der Waals surface area contributed by atoms with Crippen LogP contribution >= 0.6 is 35.3 Å². The monoisotopic (exact) mass is 248 g/mol. The minimum absolute atomic E-state index is 0. The number of hydrogen-bond acceptors (Lipinski definition) is 2. The minimum Gasteiger partial charge on any atom is -0.477 e. The molecule has 1 aromatic heterocycles. The second-order valence-corrected chi connectivity index (χ2v) is 4.03. The highest BCUT2D eigenvalue weighted by Crippen LogP contribution is 2.31. The van der Waals surface area contributed by atoms with Gasteiger partial charge in [-0.2, -0.15) is 0 Å². The van der Waals surface area contributed by atoms with Gasteiger partial charge < -0.3 is 5.11 Å². The van der Waals surface area contributed by atoms with Gasteiger partial charge in [0, 0.05) is 0 Å². The summed E-state index contributed by atoms with van der Waals surface area (Å²) in [5, 5.41) is 10.2. The van der Waals surface area contributed by atoms with E-state index in [4.69, 9.17) is 16.7 Å². The Kier molecular flexibility index (Phi) is 3.37. The summed E-state index contributed by atoms with van der Waals surface area (Å²) >= 11 is 7.09. The summed E-state index contributed by atoms with van der Waals surface area (Å²) in [5.74, 6) is -0.905. The molecule has 0 unspecified atom stereocenters. The van der Waals surface area contributed by atoms with Crippen LogP contribution in [0.2, 0.25) is 5.02 Å². The van der Waals surface area contributed by atoms with Crippen LogP contribution in [0.5, 0.6) is 0 Å². The molecule has 0 bridgehead atoms. The van der Waals surface area contributed by atoms with Gasteiger partial charge in [-0.15, -0.1) is 23.7 Å². The van der Waals surface area contributed by atoms with Crippen molar-refractivity contribution in [3.63, 3.8) is 0 Å². The van der Waals surface area contributed by atoms with E-state index in [0.717, 1.165) is 10.1 Å². The summed E-state index contributed by atoms with van der Waals surface area (Å²) in [6.45, 7) is 0. The number of carbonyl (C=O) groups is 1. The third-order valence-electron chi connectivity index (χ3n) is 1.71. The van der Waals surface area contributed by atoms with Gasteiger partial charge in [0.25, 0.3) is 0 Å². The SMILES string of the molecule is Cl.O=C(O)c1cc2cccc(Cl)c2s1. The molecule has 0 radical (unpaired) electrons. The third-order valence-corrected chi connectivity index (χ3v) is 3.31. The molecule has 74 valence electrons. The molecule has 5 heteroatoms. The largest absolute Gasteiger partial charge is 0.477 e. The number of fused-ring (bicyclic) bond motifs is 1. The molecule has 0 spiro atoms. The lowest BCUT2D eigenvalue weighted by Gasteiger charge is -1.89. The van der Waals surface area contributed by atoms with Crippen LogP contribution < -0.4 is 0 Å². The van der Waals surface area contributed by atoms with Gasteiger partial charge in [0.1, 0.15) is 4.88 Å². The Hall–Kier alpha value is -0.770. The van der Waals surface area contributed by atoms with Crippen molar-refractivity contribution in [1.29, 1.82) is 0 Å². The molecule has 0 fully saturated rings. The zero-order valence-electron chi connectivity index (χ0n) is 6.86. The number of halogens is 2. The normalized spacial score (nSPS) is 9.79. The maximum atomic E-state index is 10.6. The van der Waals surface area contributed by atoms with E-state index < -0.39 is 5.97 Å². The fourth-order valence-corrected chi connectivity index (χ4v) is 2.33. The maximum Gasteiger partial charge on any atom is 0.345 e. The van der Waals surface area contributed by atoms with Crippen molar-refractivity contribution in [2.24, 2.45) is 0 Å². The standard InChI is InChI=1S/C9H5ClO2S.ClH/c10-6-3-1-2-5-4-7(9(11)12)13-8(5)6;/h1-4H,(H,11,12);1H. The highest BCUT2D eigenvalue weighted by molar-refractivity contribution is 7.21. The van der Waals surface area contributed by atoms with Gasteiger partial charge >= 0.3 is 5.97 Å². The minimum atomic E-state index is -0.905. The van der Waals surface area contributed by atoms with Crippen molar-refractivity contribution in [2.75, 3.05) is 0 Å². The molecule has 2 aromatic rings. The van der Waals surface area contributed by atoms with Gasteiger partial charge in [-0.05, 0) is 17.5 Å². The first-order chi connectivity index (χ1) is 6.18. The van der Waals surface area contributed by atoms with Gasteiger partial charge in [0.15, 0.2) is 0 Å². The summed E-state index contributed by atoms with van der Waals surface area (Å²) in [4.78, 5) is 11.0. The summed E-state index contributed by atoms with van der Waals surface area (Å²) < 4.78 is 0.835. The second-order valence-electron chi connectivity index (χ2n) is 2.57. The first-order valence-electron chi connectivity index (χ1n) is 3.60. The number of rotatable bonds is 1. The molecule has 0 saturated heterocycles. The van der Waals surface area contributed by atoms with Crippen LogP contribution in [0.3, 0.4) is 0 Å². The zero-order valence-corrected chi connectivity index (χ0v) is 9.25. The average molecular weight is 249 g/mol. The first kappa shape index (κ1) is 11.3. The van der Waals surface area contributed by atoms with Crippen molar-refractivity contribution in [2.45, 2.75) is 0 Å². The molecule has 2 nitrogen and oxygen atoms in total. The molecule has 14 heavy (non-hydrogen) atoms. The van der Waals surface area contributed by atoms with Crippen molar-refractivity contribution in [1.82, 2.24) is 0 Å². The summed E-state index contributed by atoms with van der Waals surface area (Å²) in [5.41, 5.74) is 0. The molecule has 0 atom stereocenters. The van der Waals surface area contributed by atoms with Gasteiger partial charge in [-0.1, -0.05) is 23.7 Å². The van der Waals surface area contributed by atoms with Gasteiger partial charge in [0.05, 0.1) is 9.72 Å². The Labute approximate surface area is 95.5 Å². The Morgan fingerprint density at radius 3 is 2.71 bits per heavy atom. The molecule has 1 heterocycles. The predicted octanol–water partition coefficient (Wildman–Crippen LogP) is 3.67.